The molecule has 6 nitrogen and oxygen atoms in total. The van der Waals surface area contributed by atoms with E-state index in [-0.39, 0.29) is 18.5 Å². The summed E-state index contributed by atoms with van der Waals surface area (Å²) in [6.45, 7) is 4.89. The standard InChI is InChI=1S/C71H133NO5/c1-3-5-7-9-11-13-15-17-19-21-22-23-24-25-26-27-29-32-35-39-43-47-51-55-59-63-69(74)68(67-73)72-70(75)64-60-56-52-48-44-40-36-33-30-28-31-34-38-42-46-50-54-58-62-66-77-71(76)65-61-57-53-49-45-41-37-20-18-16-14-12-10-8-6-4-2/h14,16,20,28,30,37,59,63,68-69,73-74H,3-13,15,17-19,21-27,29,31-36,38-58,60-62,64-67H2,1-2H3,(H,72,75)/b16-14-,30-28-,37-20-,63-59+. The molecule has 0 aliphatic heterocycles. The number of rotatable bonds is 64. The fraction of sp³-hybridized carbons (Fsp3) is 0.859. The molecule has 0 rings (SSSR count). The first-order valence-electron chi connectivity index (χ1n) is 34.4. The van der Waals surface area contributed by atoms with Crippen LogP contribution in [0.25, 0.3) is 0 Å². The van der Waals surface area contributed by atoms with Crippen LogP contribution in [0.1, 0.15) is 367 Å². The lowest BCUT2D eigenvalue weighted by molar-refractivity contribution is -0.143. The maximum absolute atomic E-state index is 12.5. The Morgan fingerprint density at radius 2 is 0.649 bits per heavy atom. The van der Waals surface area contributed by atoms with E-state index < -0.39 is 12.1 Å². The monoisotopic (exact) mass is 1080 g/mol. The van der Waals surface area contributed by atoms with E-state index in [1.54, 1.807) is 6.08 Å². The highest BCUT2D eigenvalue weighted by Gasteiger charge is 2.18. The molecule has 0 aliphatic rings. The van der Waals surface area contributed by atoms with Gasteiger partial charge >= 0.3 is 5.97 Å². The molecule has 0 aromatic heterocycles. The number of aliphatic hydroxyl groups is 2. The summed E-state index contributed by atoms with van der Waals surface area (Å²) in [7, 11) is 0. The van der Waals surface area contributed by atoms with E-state index in [9.17, 15) is 19.8 Å². The lowest BCUT2D eigenvalue weighted by Gasteiger charge is -2.20. The predicted octanol–water partition coefficient (Wildman–Crippen LogP) is 22.1. The van der Waals surface area contributed by atoms with Gasteiger partial charge in [-0.05, 0) is 89.9 Å². The van der Waals surface area contributed by atoms with Crippen LogP contribution in [0.5, 0.6) is 0 Å². The average molecular weight is 1080 g/mol. The number of ether oxygens (including phenoxy) is 1. The lowest BCUT2D eigenvalue weighted by Crippen LogP contribution is -2.45. The summed E-state index contributed by atoms with van der Waals surface area (Å²) in [6.07, 6.45) is 86.0. The van der Waals surface area contributed by atoms with Crippen LogP contribution < -0.4 is 5.32 Å². The van der Waals surface area contributed by atoms with E-state index in [0.29, 0.717) is 19.4 Å². The molecule has 0 saturated heterocycles. The van der Waals surface area contributed by atoms with Crippen molar-refractivity contribution >= 4 is 11.9 Å². The number of hydrogen-bond acceptors (Lipinski definition) is 5. The zero-order chi connectivity index (χ0) is 55.7. The van der Waals surface area contributed by atoms with Gasteiger partial charge in [-0.1, -0.05) is 313 Å². The van der Waals surface area contributed by atoms with Crippen LogP contribution in [0.2, 0.25) is 0 Å². The zero-order valence-corrected chi connectivity index (χ0v) is 51.7. The minimum atomic E-state index is -0.854. The third-order valence-corrected chi connectivity index (χ3v) is 15.8. The third-order valence-electron chi connectivity index (χ3n) is 15.8. The molecule has 0 aromatic carbocycles. The zero-order valence-electron chi connectivity index (χ0n) is 51.7. The van der Waals surface area contributed by atoms with Gasteiger partial charge in [-0.15, -0.1) is 0 Å². The quantitative estimate of drug-likeness (QED) is 0.0320. The Hall–Kier alpha value is -2.18. The molecular weight excluding hydrogens is 947 g/mol. The van der Waals surface area contributed by atoms with Crippen molar-refractivity contribution < 1.29 is 24.5 Å². The summed E-state index contributed by atoms with van der Waals surface area (Å²) in [5.74, 6) is -0.0848. The minimum absolute atomic E-state index is 0.00997. The number of allylic oxidation sites excluding steroid dienone is 7. The van der Waals surface area contributed by atoms with Gasteiger partial charge in [-0.3, -0.25) is 9.59 Å². The number of nitrogens with one attached hydrogen (secondary N) is 1. The Morgan fingerprint density at radius 3 is 1.01 bits per heavy atom. The van der Waals surface area contributed by atoms with Gasteiger partial charge in [0.1, 0.15) is 0 Å². The summed E-state index contributed by atoms with van der Waals surface area (Å²) in [5, 5.41) is 23.3. The second-order valence-corrected chi connectivity index (χ2v) is 23.5. The summed E-state index contributed by atoms with van der Waals surface area (Å²) in [5.41, 5.74) is 0. The van der Waals surface area contributed by atoms with Crippen LogP contribution in [-0.4, -0.2) is 47.4 Å². The van der Waals surface area contributed by atoms with Crippen LogP contribution in [0.3, 0.4) is 0 Å². The van der Waals surface area contributed by atoms with Crippen LogP contribution >= 0.6 is 0 Å². The van der Waals surface area contributed by atoms with Crippen molar-refractivity contribution in [2.24, 2.45) is 0 Å². The largest absolute Gasteiger partial charge is 0.466 e. The molecule has 2 atom stereocenters. The summed E-state index contributed by atoms with van der Waals surface area (Å²) in [4.78, 5) is 24.6. The second kappa shape index (κ2) is 66.3. The van der Waals surface area contributed by atoms with E-state index in [2.05, 4.69) is 55.6 Å². The highest BCUT2D eigenvalue weighted by molar-refractivity contribution is 5.76. The fourth-order valence-electron chi connectivity index (χ4n) is 10.5. The molecule has 2 unspecified atom stereocenters. The molecule has 6 heteroatoms. The molecule has 3 N–H and O–H groups in total. The number of amides is 1. The Labute approximate surface area is 480 Å². The molecule has 0 bridgehead atoms. The van der Waals surface area contributed by atoms with E-state index in [0.717, 1.165) is 64.2 Å². The van der Waals surface area contributed by atoms with Crippen molar-refractivity contribution in [3.05, 3.63) is 48.6 Å². The third kappa shape index (κ3) is 62.9. The number of unbranched alkanes of at least 4 members (excludes halogenated alkanes) is 47. The second-order valence-electron chi connectivity index (χ2n) is 23.5. The van der Waals surface area contributed by atoms with E-state index in [4.69, 9.17) is 4.74 Å². The predicted molar refractivity (Wildman–Crippen MR) is 338 cm³/mol. The topological polar surface area (TPSA) is 95.9 Å². The van der Waals surface area contributed by atoms with Gasteiger partial charge in [-0.25, -0.2) is 0 Å². The van der Waals surface area contributed by atoms with E-state index in [1.165, 1.54) is 276 Å². The average Bonchev–Trinajstić information content (AvgIpc) is 3.43. The highest BCUT2D eigenvalue weighted by Crippen LogP contribution is 2.18. The summed E-state index contributed by atoms with van der Waals surface area (Å²) < 4.78 is 5.48. The van der Waals surface area contributed by atoms with Gasteiger partial charge in [0.25, 0.3) is 0 Å². The molecular formula is C71H133NO5. The first-order chi connectivity index (χ1) is 38.0. The van der Waals surface area contributed by atoms with Gasteiger partial charge in [0.05, 0.1) is 25.4 Å². The first-order valence-corrected chi connectivity index (χ1v) is 34.4. The van der Waals surface area contributed by atoms with Crippen molar-refractivity contribution in [2.75, 3.05) is 13.2 Å². The highest BCUT2D eigenvalue weighted by atomic mass is 16.5. The van der Waals surface area contributed by atoms with Crippen molar-refractivity contribution in [1.29, 1.82) is 0 Å². The molecule has 0 radical (unpaired) electrons. The molecule has 0 aromatic rings. The first kappa shape index (κ1) is 74.8. The van der Waals surface area contributed by atoms with Crippen LogP contribution in [0.15, 0.2) is 48.6 Å². The van der Waals surface area contributed by atoms with Gasteiger partial charge in [-0.2, -0.15) is 0 Å². The molecule has 0 heterocycles. The Balaban J connectivity index is 3.47. The van der Waals surface area contributed by atoms with E-state index in [1.807, 2.05) is 6.08 Å². The van der Waals surface area contributed by atoms with Crippen molar-refractivity contribution in [2.45, 2.75) is 379 Å². The molecule has 452 valence electrons. The number of hydrogen-bond donors (Lipinski definition) is 3. The van der Waals surface area contributed by atoms with Crippen molar-refractivity contribution in [3.63, 3.8) is 0 Å². The molecule has 0 aliphatic carbocycles. The van der Waals surface area contributed by atoms with Gasteiger partial charge in [0, 0.05) is 12.8 Å². The maximum atomic E-state index is 12.5. The molecule has 0 saturated carbocycles. The Morgan fingerprint density at radius 1 is 0.364 bits per heavy atom. The van der Waals surface area contributed by atoms with Crippen LogP contribution in [0, 0.1) is 0 Å². The number of carbonyl (C=O) groups excluding carboxylic acids is 2. The molecule has 1 amide bonds. The molecule has 77 heavy (non-hydrogen) atoms. The summed E-state index contributed by atoms with van der Waals surface area (Å²) in [6, 6.07) is -0.638. The Kier molecular flexibility index (Phi) is 64.5. The maximum Gasteiger partial charge on any atom is 0.305 e. The molecule has 0 fully saturated rings. The lowest BCUT2D eigenvalue weighted by atomic mass is 10.0. The van der Waals surface area contributed by atoms with Crippen molar-refractivity contribution in [3.8, 4) is 0 Å². The fourth-order valence-corrected chi connectivity index (χ4v) is 10.5. The van der Waals surface area contributed by atoms with Crippen LogP contribution in [0.4, 0.5) is 0 Å². The van der Waals surface area contributed by atoms with E-state index >= 15 is 0 Å². The van der Waals surface area contributed by atoms with Gasteiger partial charge < -0.3 is 20.3 Å². The normalized spacial score (nSPS) is 12.8. The number of esters is 1. The smallest absolute Gasteiger partial charge is 0.305 e. The minimum Gasteiger partial charge on any atom is -0.466 e. The number of aliphatic hydroxyl groups excluding tert-OH is 2. The Bertz CT molecular complexity index is 1290. The number of carbonyl (C=O) groups is 2. The van der Waals surface area contributed by atoms with Crippen LogP contribution in [-0.2, 0) is 14.3 Å². The summed E-state index contributed by atoms with van der Waals surface area (Å²) >= 11 is 0. The molecule has 0 spiro atoms. The SMILES string of the molecule is CCCCCC/C=C\C/C=C\CCCCCCCC(=O)OCCCCCCCCCC/C=C\CCCCCCCCCC(=O)NC(CO)C(O)/C=C/CCCCCCCCCCCCCCCCCCCCCCCCC. The van der Waals surface area contributed by atoms with Gasteiger partial charge in [0.2, 0.25) is 5.91 Å². The van der Waals surface area contributed by atoms with Gasteiger partial charge in [0.15, 0.2) is 0 Å². The van der Waals surface area contributed by atoms with Crippen molar-refractivity contribution in [1.82, 2.24) is 5.32 Å².